The predicted octanol–water partition coefficient (Wildman–Crippen LogP) is 5.69. The number of benzene rings is 4. The number of alkyl halides is 4. The van der Waals surface area contributed by atoms with Crippen LogP contribution < -0.4 is 20.1 Å². The van der Waals surface area contributed by atoms with Crippen molar-refractivity contribution in [2.45, 2.75) is 32.1 Å². The number of carbonyl (C=O) groups excluding carboxylic acids is 2. The van der Waals surface area contributed by atoms with Gasteiger partial charge in [0.2, 0.25) is 0 Å². The van der Waals surface area contributed by atoms with Crippen molar-refractivity contribution in [2.75, 3.05) is 26.3 Å². The second kappa shape index (κ2) is 14.3. The molecule has 0 fully saturated rings. The van der Waals surface area contributed by atoms with E-state index in [4.69, 9.17) is 9.47 Å². The van der Waals surface area contributed by atoms with Crippen LogP contribution in [0.5, 0.6) is 11.5 Å². The lowest BCUT2D eigenvalue weighted by atomic mass is 10.0. The summed E-state index contributed by atoms with van der Waals surface area (Å²) >= 11 is 0. The first-order valence-corrected chi connectivity index (χ1v) is 13.2. The molecule has 0 spiro atoms. The number of fused-ring (bicyclic) bond motifs is 2. The molecule has 41 heavy (non-hydrogen) atoms. The first-order chi connectivity index (χ1) is 19.8. The fourth-order valence-corrected chi connectivity index (χ4v) is 4.48. The van der Waals surface area contributed by atoms with Gasteiger partial charge in [0.15, 0.2) is 0 Å². The third-order valence-corrected chi connectivity index (χ3v) is 6.50. The minimum atomic E-state index is -3.03. The van der Waals surface area contributed by atoms with Crippen LogP contribution in [0.2, 0.25) is 0 Å². The van der Waals surface area contributed by atoms with Gasteiger partial charge in [-0.25, -0.2) is 0 Å². The molecule has 0 atom stereocenters. The van der Waals surface area contributed by atoms with Crippen LogP contribution in [-0.4, -0.2) is 51.0 Å². The Hall–Kier alpha value is -4.34. The van der Waals surface area contributed by atoms with Gasteiger partial charge in [-0.2, -0.15) is 17.6 Å². The molecule has 0 aromatic heterocycles. The van der Waals surface area contributed by atoms with Crippen molar-refractivity contribution in [3.8, 4) is 11.5 Å². The van der Waals surface area contributed by atoms with Crippen LogP contribution >= 0.6 is 0 Å². The van der Waals surface area contributed by atoms with Crippen LogP contribution in [0.3, 0.4) is 0 Å². The summed E-state index contributed by atoms with van der Waals surface area (Å²) in [5, 5.41) is 8.26. The normalized spacial score (nSPS) is 11.3. The Morgan fingerprint density at radius 3 is 1.49 bits per heavy atom. The van der Waals surface area contributed by atoms with Gasteiger partial charge in [0.25, 0.3) is 11.8 Å². The fraction of sp³-hybridized carbons (Fsp3) is 0.290. The Balaban J connectivity index is 1.29. The molecule has 10 heteroatoms. The molecule has 0 aliphatic heterocycles. The van der Waals surface area contributed by atoms with E-state index in [9.17, 15) is 27.2 Å². The number of nitrogens with one attached hydrogen (secondary N) is 2. The monoisotopic (exact) mass is 570 g/mol. The van der Waals surface area contributed by atoms with Gasteiger partial charge in [-0.15, -0.1) is 0 Å². The lowest BCUT2D eigenvalue weighted by Crippen LogP contribution is -2.31. The zero-order valence-corrected chi connectivity index (χ0v) is 22.2. The van der Waals surface area contributed by atoms with E-state index in [2.05, 4.69) is 10.6 Å². The summed E-state index contributed by atoms with van der Waals surface area (Å²) in [7, 11) is 0. The third-order valence-electron chi connectivity index (χ3n) is 6.50. The maximum Gasteiger partial charge on any atom is 0.315 e. The number of carbonyl (C=O) groups is 2. The van der Waals surface area contributed by atoms with E-state index in [1.54, 1.807) is 0 Å². The molecule has 0 radical (unpaired) electrons. The maximum atomic E-state index is 12.4. The highest BCUT2D eigenvalue weighted by molar-refractivity contribution is 5.88. The van der Waals surface area contributed by atoms with E-state index in [-0.39, 0.29) is 13.1 Å². The van der Waals surface area contributed by atoms with Crippen molar-refractivity contribution in [2.24, 2.45) is 0 Å². The molecule has 4 aromatic rings. The van der Waals surface area contributed by atoms with Crippen molar-refractivity contribution >= 4 is 33.4 Å². The number of halogens is 4. The summed E-state index contributed by atoms with van der Waals surface area (Å²) in [6.45, 7) is 1.02. The van der Waals surface area contributed by atoms with E-state index >= 15 is 0 Å². The minimum Gasteiger partial charge on any atom is -0.493 e. The SMILES string of the molecule is O=C(NCCc1cccc2ccc(OCCCOc3ccc4cccc(CCNC(=O)C(F)F)c4c3)cc12)C(F)F. The van der Waals surface area contributed by atoms with Crippen LogP contribution in [0, 0.1) is 0 Å². The van der Waals surface area contributed by atoms with Crippen LogP contribution in [-0.2, 0) is 22.4 Å². The number of hydrogen-bond donors (Lipinski definition) is 2. The maximum absolute atomic E-state index is 12.4. The quantitative estimate of drug-likeness (QED) is 0.151. The molecule has 216 valence electrons. The minimum absolute atomic E-state index is 0.107. The molecule has 0 bridgehead atoms. The van der Waals surface area contributed by atoms with Crippen LogP contribution in [0.15, 0.2) is 72.8 Å². The summed E-state index contributed by atoms with van der Waals surface area (Å²) < 4.78 is 61.5. The summed E-state index contributed by atoms with van der Waals surface area (Å²) in [4.78, 5) is 22.3. The van der Waals surface area contributed by atoms with Crippen LogP contribution in [0.1, 0.15) is 17.5 Å². The zero-order chi connectivity index (χ0) is 29.2. The van der Waals surface area contributed by atoms with E-state index in [0.717, 1.165) is 32.7 Å². The molecule has 4 aromatic carbocycles. The first kappa shape index (κ1) is 29.6. The highest BCUT2D eigenvalue weighted by Gasteiger charge is 2.15. The number of amides is 2. The summed E-state index contributed by atoms with van der Waals surface area (Å²) in [6, 6.07) is 22.8. The van der Waals surface area contributed by atoms with Gasteiger partial charge in [0, 0.05) is 19.5 Å². The highest BCUT2D eigenvalue weighted by atomic mass is 19.3. The number of ether oxygens (including phenoxy) is 2. The number of rotatable bonds is 14. The Morgan fingerprint density at radius 1 is 0.634 bits per heavy atom. The van der Waals surface area contributed by atoms with Crippen LogP contribution in [0.25, 0.3) is 21.5 Å². The third kappa shape index (κ3) is 8.33. The zero-order valence-electron chi connectivity index (χ0n) is 22.2. The smallest absolute Gasteiger partial charge is 0.315 e. The molecule has 0 unspecified atom stereocenters. The standard InChI is InChI=1S/C31H30F4N2O4/c32-28(33)30(38)36-14-12-22-6-1-4-20-8-10-24(18-26(20)22)40-16-3-17-41-25-11-9-21-5-2-7-23(27(21)19-25)13-15-37-31(39)29(34)35/h1-2,4-11,18-19,28-29H,3,12-17H2,(H,36,38)(H,37,39). The average molecular weight is 571 g/mol. The fourth-order valence-electron chi connectivity index (χ4n) is 4.48. The van der Waals surface area contributed by atoms with Gasteiger partial charge in [0.1, 0.15) is 11.5 Å². The summed E-state index contributed by atoms with van der Waals surface area (Å²) in [5.41, 5.74) is 1.83. The molecule has 2 amide bonds. The molecule has 2 N–H and O–H groups in total. The molecular formula is C31H30F4N2O4. The van der Waals surface area contributed by atoms with Gasteiger partial charge in [0.05, 0.1) is 13.2 Å². The van der Waals surface area contributed by atoms with Crippen molar-refractivity contribution in [1.82, 2.24) is 10.6 Å². The Morgan fingerprint density at radius 2 is 1.07 bits per heavy atom. The molecule has 0 heterocycles. The van der Waals surface area contributed by atoms with Gasteiger partial charge < -0.3 is 20.1 Å². The van der Waals surface area contributed by atoms with Crippen LogP contribution in [0.4, 0.5) is 17.6 Å². The van der Waals surface area contributed by atoms with Gasteiger partial charge in [-0.1, -0.05) is 48.5 Å². The van der Waals surface area contributed by atoms with Crippen molar-refractivity contribution in [3.05, 3.63) is 83.9 Å². The summed E-state index contributed by atoms with van der Waals surface area (Å²) in [6.07, 6.45) is -4.64. The Kier molecular flexibility index (Phi) is 10.4. The van der Waals surface area contributed by atoms with E-state index in [1.165, 1.54) is 0 Å². The molecular weight excluding hydrogens is 540 g/mol. The van der Waals surface area contributed by atoms with Gasteiger partial charge in [-0.05, 0) is 69.8 Å². The molecule has 0 saturated carbocycles. The molecule has 0 aliphatic carbocycles. The summed E-state index contributed by atoms with van der Waals surface area (Å²) in [5.74, 6) is -1.23. The topological polar surface area (TPSA) is 76.7 Å². The van der Waals surface area contributed by atoms with Gasteiger partial charge in [-0.3, -0.25) is 9.59 Å². The lowest BCUT2D eigenvalue weighted by molar-refractivity contribution is -0.132. The second-order valence-electron chi connectivity index (χ2n) is 9.33. The Labute approximate surface area is 234 Å². The predicted molar refractivity (Wildman–Crippen MR) is 149 cm³/mol. The Bertz CT molecular complexity index is 1380. The van der Waals surface area contributed by atoms with Crippen molar-refractivity contribution in [1.29, 1.82) is 0 Å². The van der Waals surface area contributed by atoms with Crippen molar-refractivity contribution < 1.29 is 36.6 Å². The molecule has 0 aliphatic rings. The average Bonchev–Trinajstić information content (AvgIpc) is 2.97. The van der Waals surface area contributed by atoms with Gasteiger partial charge >= 0.3 is 12.9 Å². The highest BCUT2D eigenvalue weighted by Crippen LogP contribution is 2.26. The number of hydrogen-bond acceptors (Lipinski definition) is 4. The van der Waals surface area contributed by atoms with Crippen molar-refractivity contribution in [3.63, 3.8) is 0 Å². The molecule has 6 nitrogen and oxygen atoms in total. The molecule has 4 rings (SSSR count). The van der Waals surface area contributed by atoms with E-state index < -0.39 is 24.7 Å². The lowest BCUT2D eigenvalue weighted by Gasteiger charge is -2.12. The van der Waals surface area contributed by atoms with E-state index in [1.807, 2.05) is 72.8 Å². The largest absolute Gasteiger partial charge is 0.493 e. The first-order valence-electron chi connectivity index (χ1n) is 13.2. The molecule has 0 saturated heterocycles. The van der Waals surface area contributed by atoms with E-state index in [0.29, 0.717) is 44.0 Å². The second-order valence-corrected chi connectivity index (χ2v) is 9.33.